The summed E-state index contributed by atoms with van der Waals surface area (Å²) in [5, 5.41) is 8.30. The van der Waals surface area contributed by atoms with Gasteiger partial charge in [0.2, 0.25) is 0 Å². The van der Waals surface area contributed by atoms with E-state index in [9.17, 15) is 4.79 Å². The van der Waals surface area contributed by atoms with Gasteiger partial charge in [-0.3, -0.25) is 4.79 Å². The van der Waals surface area contributed by atoms with Crippen molar-refractivity contribution in [3.8, 4) is 6.07 Å². The highest BCUT2D eigenvalue weighted by molar-refractivity contribution is 8.00. The zero-order valence-corrected chi connectivity index (χ0v) is 13.2. The highest BCUT2D eigenvalue weighted by Crippen LogP contribution is 2.35. The van der Waals surface area contributed by atoms with Gasteiger partial charge in [-0.2, -0.15) is 5.26 Å². The Labute approximate surface area is 121 Å². The van der Waals surface area contributed by atoms with Crippen LogP contribution in [0.1, 0.15) is 47.0 Å². The Morgan fingerprint density at radius 1 is 1.42 bits per heavy atom. The summed E-state index contributed by atoms with van der Waals surface area (Å²) in [5.74, 6) is 1.84. The van der Waals surface area contributed by atoms with Gasteiger partial charge in [0.05, 0.1) is 11.8 Å². The van der Waals surface area contributed by atoms with Crippen LogP contribution in [-0.2, 0) is 9.53 Å². The molecule has 4 unspecified atom stereocenters. The highest BCUT2D eigenvalue weighted by Gasteiger charge is 2.34. The van der Waals surface area contributed by atoms with Gasteiger partial charge in [-0.05, 0) is 37.5 Å². The number of carbonyl (C=O) groups is 1. The Bertz CT molecular complexity index is 338. The molecule has 0 radical (unpaired) electrons. The molecule has 1 saturated carbocycles. The van der Waals surface area contributed by atoms with E-state index < -0.39 is 0 Å². The van der Waals surface area contributed by atoms with Gasteiger partial charge in [-0.25, -0.2) is 0 Å². The minimum Gasteiger partial charge on any atom is -0.461 e. The van der Waals surface area contributed by atoms with Gasteiger partial charge in [0.25, 0.3) is 0 Å². The molecule has 1 aliphatic carbocycles. The maximum atomic E-state index is 12.0. The second kappa shape index (κ2) is 7.79. The number of nitriles is 1. The van der Waals surface area contributed by atoms with Crippen molar-refractivity contribution in [1.29, 1.82) is 5.26 Å². The van der Waals surface area contributed by atoms with Crippen LogP contribution in [0.3, 0.4) is 0 Å². The number of carbonyl (C=O) groups excluding carboxylic acids is 1. The van der Waals surface area contributed by atoms with E-state index in [-0.39, 0.29) is 17.3 Å². The lowest BCUT2D eigenvalue weighted by Gasteiger charge is -2.37. The van der Waals surface area contributed by atoms with Crippen molar-refractivity contribution in [3.05, 3.63) is 0 Å². The summed E-state index contributed by atoms with van der Waals surface area (Å²) in [7, 11) is 0. The quantitative estimate of drug-likeness (QED) is 0.723. The molecule has 19 heavy (non-hydrogen) atoms. The smallest absolute Gasteiger partial charge is 0.319 e. The fourth-order valence-electron chi connectivity index (χ4n) is 2.73. The Morgan fingerprint density at radius 2 is 2.11 bits per heavy atom. The van der Waals surface area contributed by atoms with Crippen molar-refractivity contribution >= 4 is 17.7 Å². The summed E-state index contributed by atoms with van der Waals surface area (Å²) < 4.78 is 5.73. The van der Waals surface area contributed by atoms with E-state index in [0.717, 1.165) is 12.8 Å². The Hall–Kier alpha value is -0.690. The maximum Gasteiger partial charge on any atom is 0.319 e. The molecule has 1 aliphatic rings. The minimum atomic E-state index is -0.246. The highest BCUT2D eigenvalue weighted by atomic mass is 32.2. The first kappa shape index (κ1) is 16.4. The molecule has 0 aromatic rings. The van der Waals surface area contributed by atoms with Gasteiger partial charge in [-0.15, -0.1) is 11.8 Å². The minimum absolute atomic E-state index is 0.0568. The van der Waals surface area contributed by atoms with Crippen LogP contribution < -0.4 is 0 Å². The van der Waals surface area contributed by atoms with Crippen LogP contribution in [0.25, 0.3) is 0 Å². The molecule has 0 N–H and O–H groups in total. The lowest BCUT2D eigenvalue weighted by Crippen LogP contribution is -2.37. The molecule has 4 atom stereocenters. The third-order valence-electron chi connectivity index (χ3n) is 3.96. The average molecular weight is 283 g/mol. The van der Waals surface area contributed by atoms with E-state index in [1.54, 1.807) is 0 Å². The summed E-state index contributed by atoms with van der Waals surface area (Å²) in [6, 6.07) is 2.05. The monoisotopic (exact) mass is 283 g/mol. The molecule has 3 nitrogen and oxygen atoms in total. The fraction of sp³-hybridized carbons (Fsp3) is 0.867. The second-order valence-electron chi connectivity index (χ2n) is 5.91. The Kier molecular flexibility index (Phi) is 6.71. The molecule has 0 aliphatic heterocycles. The molecule has 0 saturated heterocycles. The Morgan fingerprint density at radius 3 is 2.68 bits per heavy atom. The number of hydrogen-bond acceptors (Lipinski definition) is 4. The third-order valence-corrected chi connectivity index (χ3v) is 4.95. The zero-order chi connectivity index (χ0) is 14.4. The molecular formula is C15H25NO2S. The maximum absolute atomic E-state index is 12.0. The average Bonchev–Trinajstić information content (AvgIpc) is 2.35. The molecule has 0 aromatic heterocycles. The lowest BCUT2D eigenvalue weighted by atomic mass is 9.75. The molecule has 0 aromatic carbocycles. The number of ether oxygens (including phenoxy) is 1. The zero-order valence-electron chi connectivity index (χ0n) is 12.4. The van der Waals surface area contributed by atoms with E-state index in [2.05, 4.69) is 20.8 Å². The third kappa shape index (κ3) is 5.06. The van der Waals surface area contributed by atoms with Crippen molar-refractivity contribution in [3.63, 3.8) is 0 Å². The van der Waals surface area contributed by atoms with Gasteiger partial charge >= 0.3 is 5.97 Å². The van der Waals surface area contributed by atoms with Gasteiger partial charge < -0.3 is 4.74 Å². The number of rotatable bonds is 5. The molecule has 1 rings (SSSR count). The fourth-order valence-corrected chi connectivity index (χ4v) is 3.24. The number of nitrogens with zero attached hydrogens (tertiary/aromatic N) is 1. The van der Waals surface area contributed by atoms with Gasteiger partial charge in [0, 0.05) is 0 Å². The van der Waals surface area contributed by atoms with Crippen LogP contribution in [0.5, 0.6) is 0 Å². The molecule has 0 amide bonds. The SMILES string of the molecule is CC1CCC(C(C)C)C(OC(=O)C(C)SCC#N)C1. The summed E-state index contributed by atoms with van der Waals surface area (Å²) in [5.41, 5.74) is 0. The normalized spacial score (nSPS) is 28.7. The van der Waals surface area contributed by atoms with Crippen LogP contribution in [0.2, 0.25) is 0 Å². The largest absolute Gasteiger partial charge is 0.461 e. The van der Waals surface area contributed by atoms with Crippen LogP contribution in [0, 0.1) is 29.1 Å². The van der Waals surface area contributed by atoms with E-state index in [4.69, 9.17) is 10.00 Å². The molecule has 0 bridgehead atoms. The summed E-state index contributed by atoms with van der Waals surface area (Å²) in [6.45, 7) is 8.46. The van der Waals surface area contributed by atoms with E-state index in [1.165, 1.54) is 18.2 Å². The standard InChI is InChI=1S/C15H25NO2S/c1-10(2)13-6-5-11(3)9-14(13)18-15(17)12(4)19-8-7-16/h10-14H,5-6,8-9H2,1-4H3. The first-order valence-electron chi connectivity index (χ1n) is 7.14. The van der Waals surface area contributed by atoms with Gasteiger partial charge in [-0.1, -0.05) is 27.2 Å². The summed E-state index contributed by atoms with van der Waals surface area (Å²) in [6.07, 6.45) is 3.41. The van der Waals surface area contributed by atoms with Crippen molar-refractivity contribution in [1.82, 2.24) is 0 Å². The first-order chi connectivity index (χ1) is 8.95. The molecule has 4 heteroatoms. The topological polar surface area (TPSA) is 50.1 Å². The molecule has 108 valence electrons. The molecular weight excluding hydrogens is 258 g/mol. The van der Waals surface area contributed by atoms with Gasteiger partial charge in [0.15, 0.2) is 0 Å². The first-order valence-corrected chi connectivity index (χ1v) is 8.19. The predicted octanol–water partition coefficient (Wildman–Crippen LogP) is 3.64. The summed E-state index contributed by atoms with van der Waals surface area (Å²) in [4.78, 5) is 12.0. The predicted molar refractivity (Wildman–Crippen MR) is 78.8 cm³/mol. The van der Waals surface area contributed by atoms with Crippen LogP contribution in [0.15, 0.2) is 0 Å². The van der Waals surface area contributed by atoms with Crippen molar-refractivity contribution in [2.24, 2.45) is 17.8 Å². The number of esters is 1. The van der Waals surface area contributed by atoms with Crippen LogP contribution >= 0.6 is 11.8 Å². The number of thioether (sulfide) groups is 1. The second-order valence-corrected chi connectivity index (χ2v) is 7.24. The Balaban J connectivity index is 2.56. The lowest BCUT2D eigenvalue weighted by molar-refractivity contribution is -0.154. The van der Waals surface area contributed by atoms with Crippen molar-refractivity contribution in [2.45, 2.75) is 58.3 Å². The molecule has 1 fully saturated rings. The van der Waals surface area contributed by atoms with Gasteiger partial charge in [0.1, 0.15) is 11.4 Å². The van der Waals surface area contributed by atoms with E-state index in [0.29, 0.717) is 23.5 Å². The van der Waals surface area contributed by atoms with Crippen molar-refractivity contribution in [2.75, 3.05) is 5.75 Å². The molecule has 0 heterocycles. The van der Waals surface area contributed by atoms with Crippen LogP contribution in [-0.4, -0.2) is 23.1 Å². The van der Waals surface area contributed by atoms with E-state index >= 15 is 0 Å². The molecule has 0 spiro atoms. The van der Waals surface area contributed by atoms with E-state index in [1.807, 2.05) is 13.0 Å². The van der Waals surface area contributed by atoms with Crippen LogP contribution in [0.4, 0.5) is 0 Å². The summed E-state index contributed by atoms with van der Waals surface area (Å²) >= 11 is 1.35. The van der Waals surface area contributed by atoms with Crippen molar-refractivity contribution < 1.29 is 9.53 Å². The number of hydrogen-bond donors (Lipinski definition) is 0.